The van der Waals surface area contributed by atoms with Crippen molar-refractivity contribution in [2.45, 2.75) is 101 Å². The first-order chi connectivity index (χ1) is 29.8. The molecule has 5 aliphatic rings. The van der Waals surface area contributed by atoms with Crippen LogP contribution in [0.3, 0.4) is 0 Å². The summed E-state index contributed by atoms with van der Waals surface area (Å²) in [7, 11) is 1.71. The van der Waals surface area contributed by atoms with Gasteiger partial charge in [0.2, 0.25) is 0 Å². The van der Waals surface area contributed by atoms with Crippen molar-refractivity contribution >= 4 is 10.8 Å². The Kier molecular flexibility index (Phi) is 10.9. The normalized spacial score (nSPS) is 24.2. The fourth-order valence-corrected chi connectivity index (χ4v) is 11.0. The summed E-state index contributed by atoms with van der Waals surface area (Å²) in [6.45, 7) is 3.96. The smallest absolute Gasteiger partial charge is 0.133 e. The van der Waals surface area contributed by atoms with Gasteiger partial charge in [-0.15, -0.1) is 0 Å². The van der Waals surface area contributed by atoms with Gasteiger partial charge in [0.1, 0.15) is 46.4 Å². The van der Waals surface area contributed by atoms with Crippen molar-refractivity contribution in [3.8, 4) is 51.4 Å². The van der Waals surface area contributed by atoms with Crippen LogP contribution in [0.1, 0.15) is 110 Å². The number of hydrogen-bond donors (Lipinski definition) is 4. The highest BCUT2D eigenvalue weighted by atomic mass is 16.5. The van der Waals surface area contributed by atoms with E-state index in [4.69, 9.17) is 28.4 Å². The molecule has 0 bridgehead atoms. The summed E-state index contributed by atoms with van der Waals surface area (Å²) >= 11 is 0. The number of aromatic hydroxyl groups is 3. The second-order valence-electron chi connectivity index (χ2n) is 17.7. The summed E-state index contributed by atoms with van der Waals surface area (Å²) in [5.41, 5.74) is 7.05. The van der Waals surface area contributed by atoms with Gasteiger partial charge in [-0.2, -0.15) is 0 Å². The largest absolute Gasteiger partial charge is 0.508 e. The van der Waals surface area contributed by atoms with Crippen molar-refractivity contribution in [1.29, 1.82) is 0 Å². The lowest BCUT2D eigenvalue weighted by Gasteiger charge is -2.47. The Morgan fingerprint density at radius 2 is 1.61 bits per heavy atom. The molecular weight excluding hydrogens is 773 g/mol. The van der Waals surface area contributed by atoms with E-state index in [-0.39, 0.29) is 47.9 Å². The highest BCUT2D eigenvalue weighted by Crippen LogP contribution is 2.59. The number of aliphatic hydroxyl groups is 1. The second-order valence-corrected chi connectivity index (χ2v) is 17.7. The number of phenols is 3. The summed E-state index contributed by atoms with van der Waals surface area (Å²) in [6.07, 6.45) is 6.78. The van der Waals surface area contributed by atoms with Crippen LogP contribution in [0.25, 0.3) is 21.9 Å². The van der Waals surface area contributed by atoms with Crippen LogP contribution in [0.15, 0.2) is 66.7 Å². The van der Waals surface area contributed by atoms with Crippen LogP contribution in [-0.4, -0.2) is 66.2 Å². The summed E-state index contributed by atoms with van der Waals surface area (Å²) in [6, 6.07) is 20.4. The molecule has 1 aliphatic carbocycles. The lowest BCUT2D eigenvalue weighted by atomic mass is 9.70. The van der Waals surface area contributed by atoms with Gasteiger partial charge in [-0.1, -0.05) is 19.1 Å². The maximum Gasteiger partial charge on any atom is 0.133 e. The maximum atomic E-state index is 12.9. The number of rotatable bonds is 11. The maximum absolute atomic E-state index is 12.9. The molecule has 0 spiro atoms. The highest BCUT2D eigenvalue weighted by molar-refractivity contribution is 5.98. The molecular formula is C51H56O10. The van der Waals surface area contributed by atoms with Crippen molar-refractivity contribution in [2.75, 3.05) is 33.5 Å². The molecule has 0 radical (unpaired) electrons. The van der Waals surface area contributed by atoms with E-state index in [0.717, 1.165) is 106 Å². The van der Waals surface area contributed by atoms with Gasteiger partial charge in [-0.3, -0.25) is 0 Å². The Morgan fingerprint density at radius 3 is 2.43 bits per heavy atom. The van der Waals surface area contributed by atoms with E-state index >= 15 is 0 Å². The molecule has 10 rings (SSSR count). The molecule has 4 aliphatic heterocycles. The van der Waals surface area contributed by atoms with Gasteiger partial charge in [-0.25, -0.2) is 0 Å². The minimum Gasteiger partial charge on any atom is -0.508 e. The number of fused-ring (bicyclic) bond motifs is 4. The molecule has 6 unspecified atom stereocenters. The predicted molar refractivity (Wildman–Crippen MR) is 231 cm³/mol. The van der Waals surface area contributed by atoms with E-state index in [0.29, 0.717) is 56.1 Å². The first kappa shape index (κ1) is 39.9. The quantitative estimate of drug-likeness (QED) is 0.0953. The summed E-state index contributed by atoms with van der Waals surface area (Å²) < 4.78 is 39.8. The number of methoxy groups -OCH3 is 1. The van der Waals surface area contributed by atoms with E-state index in [2.05, 4.69) is 0 Å². The number of ether oxygens (including phenoxy) is 6. The first-order valence-corrected chi connectivity index (χ1v) is 22.3. The zero-order chi connectivity index (χ0) is 41.8. The predicted octanol–water partition coefficient (Wildman–Crippen LogP) is 9.97. The standard InChI is InChI=1S/C51H56O10/c1-3-28-23-38(30-8-6-9-33(52)21-30)31(24-42(28)54)20-32-22-36(60-35-10-4-5-11-35)26-40-47(55)41(27-59-48(32)40)45-43(12-7-17-56-2)61-50-37-14-13-34(53)25-39(37)49-44-29(15-18-57-49)16-19-58-51(45)46(44)50/h6,8-9,13-14,21-26,29,35,41,43,45,47,51-55H,3-5,7,10-12,15-20,27H2,1-2H3. The second kappa shape index (κ2) is 16.6. The molecule has 6 atom stereocenters. The fourth-order valence-electron chi connectivity index (χ4n) is 11.0. The third kappa shape index (κ3) is 7.30. The number of hydrogen-bond acceptors (Lipinski definition) is 10. The Morgan fingerprint density at radius 1 is 0.770 bits per heavy atom. The Hall–Kier alpha value is -5.16. The zero-order valence-corrected chi connectivity index (χ0v) is 35.0. The van der Waals surface area contributed by atoms with Crippen molar-refractivity contribution in [3.05, 3.63) is 100 Å². The van der Waals surface area contributed by atoms with E-state index in [1.54, 1.807) is 31.4 Å². The Labute approximate surface area is 357 Å². The van der Waals surface area contributed by atoms with Gasteiger partial charge in [0.05, 0.1) is 31.5 Å². The van der Waals surface area contributed by atoms with Gasteiger partial charge in [0.15, 0.2) is 0 Å². The Balaban J connectivity index is 1.09. The van der Waals surface area contributed by atoms with Crippen LogP contribution in [0.5, 0.6) is 40.2 Å². The molecule has 4 heterocycles. The third-order valence-corrected chi connectivity index (χ3v) is 14.0. The van der Waals surface area contributed by atoms with E-state index < -0.39 is 18.1 Å². The molecule has 1 saturated carbocycles. The third-order valence-electron chi connectivity index (χ3n) is 14.0. The summed E-state index contributed by atoms with van der Waals surface area (Å²) in [4.78, 5) is 0. The molecule has 5 aromatic rings. The molecule has 0 aromatic heterocycles. The van der Waals surface area contributed by atoms with Gasteiger partial charge < -0.3 is 48.8 Å². The number of phenolic OH excluding ortho intramolecular Hbond substituents is 3. The van der Waals surface area contributed by atoms with E-state index in [1.165, 1.54) is 0 Å². The minimum absolute atomic E-state index is 0.0879. The summed E-state index contributed by atoms with van der Waals surface area (Å²) in [5.74, 6) is 2.96. The van der Waals surface area contributed by atoms with E-state index in [1.807, 2.05) is 49.4 Å². The van der Waals surface area contributed by atoms with Gasteiger partial charge in [-0.05, 0) is 141 Å². The fraction of sp³-hybridized carbons (Fsp3) is 0.451. The van der Waals surface area contributed by atoms with Crippen LogP contribution >= 0.6 is 0 Å². The molecule has 10 heteroatoms. The molecule has 320 valence electrons. The topological polar surface area (TPSA) is 136 Å². The monoisotopic (exact) mass is 828 g/mol. The van der Waals surface area contributed by atoms with Crippen LogP contribution in [0.2, 0.25) is 0 Å². The minimum atomic E-state index is -0.941. The molecule has 1 fully saturated rings. The molecule has 61 heavy (non-hydrogen) atoms. The van der Waals surface area contributed by atoms with Gasteiger partial charge in [0, 0.05) is 71.6 Å². The average Bonchev–Trinajstić information content (AvgIpc) is 3.69. The van der Waals surface area contributed by atoms with Crippen LogP contribution < -0.4 is 18.9 Å². The number of aryl methyl sites for hydroxylation is 1. The van der Waals surface area contributed by atoms with Crippen molar-refractivity contribution in [2.24, 2.45) is 11.8 Å². The lowest BCUT2D eigenvalue weighted by molar-refractivity contribution is -0.111. The van der Waals surface area contributed by atoms with Crippen LogP contribution in [-0.2, 0) is 22.3 Å². The van der Waals surface area contributed by atoms with Crippen molar-refractivity contribution in [1.82, 2.24) is 0 Å². The van der Waals surface area contributed by atoms with Gasteiger partial charge >= 0.3 is 0 Å². The zero-order valence-electron chi connectivity index (χ0n) is 35.0. The molecule has 0 saturated heterocycles. The first-order valence-electron chi connectivity index (χ1n) is 22.3. The van der Waals surface area contributed by atoms with Crippen molar-refractivity contribution < 1.29 is 48.8 Å². The van der Waals surface area contributed by atoms with Crippen molar-refractivity contribution in [3.63, 3.8) is 0 Å². The van der Waals surface area contributed by atoms with Crippen LogP contribution in [0.4, 0.5) is 0 Å². The van der Waals surface area contributed by atoms with Gasteiger partial charge in [0.25, 0.3) is 0 Å². The number of aliphatic hydroxyl groups excluding tert-OH is 1. The molecule has 4 N–H and O–H groups in total. The van der Waals surface area contributed by atoms with Crippen LogP contribution in [0, 0.1) is 11.8 Å². The summed E-state index contributed by atoms with van der Waals surface area (Å²) in [5, 5.41) is 46.9. The Bertz CT molecular complexity index is 2440. The molecule has 0 amide bonds. The van der Waals surface area contributed by atoms with E-state index in [9.17, 15) is 20.4 Å². The SMILES string of the molecule is CCc1cc(-c2cccc(O)c2)c(Cc2cc(OC3CCCC3)cc3c2OCC(C2C(CCCOC)Oc4c5c6c(c7cc(O)ccc47)OCCC6CCOC52)C3O)cc1O. The lowest BCUT2D eigenvalue weighted by Crippen LogP contribution is -2.47. The molecule has 10 nitrogen and oxygen atoms in total. The highest BCUT2D eigenvalue weighted by Gasteiger charge is 2.51. The average molecular weight is 829 g/mol. The number of benzene rings is 5. The molecule has 5 aromatic carbocycles.